The summed E-state index contributed by atoms with van der Waals surface area (Å²) in [5.41, 5.74) is 5.03. The van der Waals surface area contributed by atoms with Crippen LogP contribution in [0.2, 0.25) is 0 Å². The zero-order valence-electron chi connectivity index (χ0n) is 12.7. The monoisotopic (exact) mass is 286 g/mol. The van der Waals surface area contributed by atoms with Gasteiger partial charge in [-0.1, -0.05) is 58.3 Å². The molecule has 0 fully saturated rings. The molecule has 0 aliphatic carbocycles. The summed E-state index contributed by atoms with van der Waals surface area (Å²) in [5.74, 6) is -0.918. The standard InChI is InChI=1S/C15H30N2O3/c1-2-3-4-5-6-7-8-9-10-11-14(19)17-13(12-18)15(16)20/h13,18H,2-12H2,1H3,(H2,16,20)(H,17,19). The molecule has 0 bridgehead atoms. The van der Waals surface area contributed by atoms with E-state index in [-0.39, 0.29) is 5.91 Å². The highest BCUT2D eigenvalue weighted by atomic mass is 16.3. The predicted molar refractivity (Wildman–Crippen MR) is 80.1 cm³/mol. The second-order valence-electron chi connectivity index (χ2n) is 5.28. The molecular formula is C15H30N2O3. The lowest BCUT2D eigenvalue weighted by atomic mass is 10.1. The third-order valence-corrected chi connectivity index (χ3v) is 3.37. The number of amides is 2. The molecular weight excluding hydrogens is 256 g/mol. The van der Waals surface area contributed by atoms with Gasteiger partial charge in [-0.3, -0.25) is 9.59 Å². The Bertz CT molecular complexity index is 270. The number of aliphatic hydroxyl groups excluding tert-OH is 1. The second-order valence-corrected chi connectivity index (χ2v) is 5.28. The summed E-state index contributed by atoms with van der Waals surface area (Å²) in [6.07, 6.45) is 11.1. The first-order valence-corrected chi connectivity index (χ1v) is 7.81. The number of hydrogen-bond acceptors (Lipinski definition) is 3. The summed E-state index contributed by atoms with van der Waals surface area (Å²) >= 11 is 0. The van der Waals surface area contributed by atoms with Gasteiger partial charge in [-0.25, -0.2) is 0 Å². The molecule has 0 heterocycles. The number of hydrogen-bond donors (Lipinski definition) is 3. The van der Waals surface area contributed by atoms with Gasteiger partial charge in [0.25, 0.3) is 0 Å². The molecule has 20 heavy (non-hydrogen) atoms. The lowest BCUT2D eigenvalue weighted by Crippen LogP contribution is -2.46. The molecule has 0 aliphatic rings. The molecule has 0 spiro atoms. The highest BCUT2D eigenvalue weighted by Gasteiger charge is 2.15. The fraction of sp³-hybridized carbons (Fsp3) is 0.867. The first kappa shape index (κ1) is 18.9. The van der Waals surface area contributed by atoms with Gasteiger partial charge in [0, 0.05) is 6.42 Å². The minimum absolute atomic E-state index is 0.217. The molecule has 0 aromatic heterocycles. The van der Waals surface area contributed by atoms with Crippen LogP contribution in [0.25, 0.3) is 0 Å². The lowest BCUT2D eigenvalue weighted by Gasteiger charge is -2.12. The Kier molecular flexibility index (Phi) is 12.2. The van der Waals surface area contributed by atoms with Crippen LogP contribution < -0.4 is 11.1 Å². The van der Waals surface area contributed by atoms with Gasteiger partial charge in [0.05, 0.1) is 6.61 Å². The van der Waals surface area contributed by atoms with Gasteiger partial charge in [0.15, 0.2) is 0 Å². The zero-order chi connectivity index (χ0) is 15.2. The largest absolute Gasteiger partial charge is 0.394 e. The quantitative estimate of drug-likeness (QED) is 0.451. The fourth-order valence-electron chi connectivity index (χ4n) is 2.07. The van der Waals surface area contributed by atoms with E-state index in [1.807, 2.05) is 0 Å². The van der Waals surface area contributed by atoms with Crippen molar-refractivity contribution in [2.45, 2.75) is 77.2 Å². The maximum atomic E-state index is 11.5. The minimum atomic E-state index is -0.957. The summed E-state index contributed by atoms with van der Waals surface area (Å²) < 4.78 is 0. The SMILES string of the molecule is CCCCCCCCCCCC(=O)NC(CO)C(N)=O. The summed E-state index contributed by atoms with van der Waals surface area (Å²) in [4.78, 5) is 22.3. The molecule has 118 valence electrons. The summed E-state index contributed by atoms with van der Waals surface area (Å²) in [5, 5.41) is 11.3. The van der Waals surface area contributed by atoms with Crippen LogP contribution in [0.5, 0.6) is 0 Å². The molecule has 4 N–H and O–H groups in total. The third-order valence-electron chi connectivity index (χ3n) is 3.37. The van der Waals surface area contributed by atoms with E-state index < -0.39 is 18.6 Å². The Morgan fingerprint density at radius 3 is 1.95 bits per heavy atom. The minimum Gasteiger partial charge on any atom is -0.394 e. The lowest BCUT2D eigenvalue weighted by molar-refractivity contribution is -0.128. The molecule has 2 amide bonds. The van der Waals surface area contributed by atoms with E-state index in [1.165, 1.54) is 38.5 Å². The van der Waals surface area contributed by atoms with Crippen LogP contribution in [0.3, 0.4) is 0 Å². The molecule has 0 rings (SSSR count). The Hall–Kier alpha value is -1.10. The molecule has 0 saturated carbocycles. The van der Waals surface area contributed by atoms with Gasteiger partial charge in [-0.2, -0.15) is 0 Å². The average molecular weight is 286 g/mol. The van der Waals surface area contributed by atoms with Crippen LogP contribution in [0.15, 0.2) is 0 Å². The van der Waals surface area contributed by atoms with Crippen molar-refractivity contribution in [3.05, 3.63) is 0 Å². The van der Waals surface area contributed by atoms with E-state index >= 15 is 0 Å². The average Bonchev–Trinajstić information content (AvgIpc) is 2.42. The second kappa shape index (κ2) is 12.9. The van der Waals surface area contributed by atoms with E-state index in [4.69, 9.17) is 10.8 Å². The Balaban J connectivity index is 3.41. The number of nitrogens with one attached hydrogen (secondary N) is 1. The van der Waals surface area contributed by atoms with Crippen LogP contribution in [0, 0.1) is 0 Å². The van der Waals surface area contributed by atoms with Crippen molar-refractivity contribution >= 4 is 11.8 Å². The molecule has 5 heteroatoms. The van der Waals surface area contributed by atoms with E-state index in [0.29, 0.717) is 6.42 Å². The number of rotatable bonds is 13. The van der Waals surface area contributed by atoms with Crippen molar-refractivity contribution in [1.29, 1.82) is 0 Å². The predicted octanol–water partition coefficient (Wildman–Crippen LogP) is 1.87. The van der Waals surface area contributed by atoms with E-state index in [1.54, 1.807) is 0 Å². The smallest absolute Gasteiger partial charge is 0.242 e. The Morgan fingerprint density at radius 1 is 1.00 bits per heavy atom. The number of carbonyl (C=O) groups is 2. The van der Waals surface area contributed by atoms with Gasteiger partial charge >= 0.3 is 0 Å². The molecule has 0 saturated heterocycles. The number of nitrogens with two attached hydrogens (primary N) is 1. The first-order valence-electron chi connectivity index (χ1n) is 7.81. The van der Waals surface area contributed by atoms with Crippen molar-refractivity contribution in [3.8, 4) is 0 Å². The molecule has 5 nitrogen and oxygen atoms in total. The van der Waals surface area contributed by atoms with Gasteiger partial charge in [0.2, 0.25) is 11.8 Å². The van der Waals surface area contributed by atoms with Gasteiger partial charge in [-0.15, -0.1) is 0 Å². The van der Waals surface area contributed by atoms with Crippen molar-refractivity contribution in [2.75, 3.05) is 6.61 Å². The maximum absolute atomic E-state index is 11.5. The number of aliphatic hydroxyl groups is 1. The fourth-order valence-corrected chi connectivity index (χ4v) is 2.07. The van der Waals surface area contributed by atoms with Gasteiger partial charge in [-0.05, 0) is 6.42 Å². The normalized spacial score (nSPS) is 12.1. The summed E-state index contributed by atoms with van der Waals surface area (Å²) in [6, 6.07) is -0.957. The number of carbonyl (C=O) groups excluding carboxylic acids is 2. The molecule has 1 atom stereocenters. The Labute approximate surface area is 122 Å². The van der Waals surface area contributed by atoms with Crippen LogP contribution in [0.1, 0.15) is 71.1 Å². The number of primary amides is 1. The molecule has 0 aliphatic heterocycles. The van der Waals surface area contributed by atoms with Crippen molar-refractivity contribution in [2.24, 2.45) is 5.73 Å². The topological polar surface area (TPSA) is 92.4 Å². The van der Waals surface area contributed by atoms with Crippen LogP contribution in [-0.2, 0) is 9.59 Å². The van der Waals surface area contributed by atoms with Gasteiger partial charge in [0.1, 0.15) is 6.04 Å². The maximum Gasteiger partial charge on any atom is 0.242 e. The van der Waals surface area contributed by atoms with E-state index in [0.717, 1.165) is 19.3 Å². The molecule has 1 unspecified atom stereocenters. The van der Waals surface area contributed by atoms with Crippen molar-refractivity contribution < 1.29 is 14.7 Å². The Morgan fingerprint density at radius 2 is 1.50 bits per heavy atom. The molecule has 0 aromatic rings. The molecule has 0 radical (unpaired) electrons. The van der Waals surface area contributed by atoms with Crippen molar-refractivity contribution in [3.63, 3.8) is 0 Å². The van der Waals surface area contributed by atoms with Gasteiger partial charge < -0.3 is 16.2 Å². The van der Waals surface area contributed by atoms with Crippen LogP contribution in [-0.4, -0.2) is 29.6 Å². The van der Waals surface area contributed by atoms with Crippen molar-refractivity contribution in [1.82, 2.24) is 5.32 Å². The van der Waals surface area contributed by atoms with E-state index in [2.05, 4.69) is 12.2 Å². The van der Waals surface area contributed by atoms with Crippen LogP contribution >= 0.6 is 0 Å². The zero-order valence-corrected chi connectivity index (χ0v) is 12.7. The molecule has 0 aromatic carbocycles. The third kappa shape index (κ3) is 10.8. The highest BCUT2D eigenvalue weighted by Crippen LogP contribution is 2.10. The summed E-state index contributed by atoms with van der Waals surface area (Å²) in [6.45, 7) is 1.77. The van der Waals surface area contributed by atoms with E-state index in [9.17, 15) is 9.59 Å². The summed E-state index contributed by atoms with van der Waals surface area (Å²) in [7, 11) is 0. The highest BCUT2D eigenvalue weighted by molar-refractivity contribution is 5.86. The van der Waals surface area contributed by atoms with Crippen LogP contribution in [0.4, 0.5) is 0 Å². The number of unbranched alkanes of at least 4 members (excludes halogenated alkanes) is 8. The first-order chi connectivity index (χ1) is 9.61.